The molecule has 0 fully saturated rings. The van der Waals surface area contributed by atoms with Gasteiger partial charge in [0.25, 0.3) is 0 Å². The van der Waals surface area contributed by atoms with Crippen LogP contribution in [0, 0.1) is 0 Å². The summed E-state index contributed by atoms with van der Waals surface area (Å²) < 4.78 is 2.17. The molecule has 0 amide bonds. The monoisotopic (exact) mass is 359 g/mol. The Hall–Kier alpha value is -2.18. The summed E-state index contributed by atoms with van der Waals surface area (Å²) in [6.45, 7) is 3.04. The first-order chi connectivity index (χ1) is 12.7. The second-order valence-electron chi connectivity index (χ2n) is 6.83. The summed E-state index contributed by atoms with van der Waals surface area (Å²) in [4.78, 5) is 16.5. The molecule has 0 aliphatic heterocycles. The maximum atomic E-state index is 5.62. The zero-order valence-corrected chi connectivity index (χ0v) is 16.0. The van der Waals surface area contributed by atoms with Crippen LogP contribution in [0.1, 0.15) is 76.4 Å². The molecule has 26 heavy (non-hydrogen) atoms. The third kappa shape index (κ3) is 7.37. The van der Waals surface area contributed by atoms with Gasteiger partial charge < -0.3 is 16.0 Å². The smallest absolute Gasteiger partial charge is 0.225 e. The van der Waals surface area contributed by atoms with Gasteiger partial charge in [0.05, 0.1) is 0 Å². The van der Waals surface area contributed by atoms with E-state index in [4.69, 9.17) is 11.5 Å². The molecule has 0 aliphatic rings. The number of aromatic nitrogens is 5. The van der Waals surface area contributed by atoms with E-state index in [2.05, 4.69) is 31.4 Å². The molecule has 2 aromatic heterocycles. The van der Waals surface area contributed by atoms with Crippen LogP contribution in [-0.2, 0) is 19.4 Å². The topological polar surface area (TPSA) is 109 Å². The molecule has 0 aromatic carbocycles. The van der Waals surface area contributed by atoms with Gasteiger partial charge in [0.15, 0.2) is 0 Å². The zero-order valence-electron chi connectivity index (χ0n) is 16.0. The Labute approximate surface area is 156 Å². The summed E-state index contributed by atoms with van der Waals surface area (Å²) in [6, 6.07) is 0. The molecule has 0 unspecified atom stereocenters. The molecule has 4 N–H and O–H groups in total. The lowest BCUT2D eigenvalue weighted by atomic mass is 10.1. The molecule has 0 saturated heterocycles. The van der Waals surface area contributed by atoms with Crippen LogP contribution in [0.15, 0.2) is 12.4 Å². The van der Waals surface area contributed by atoms with Crippen molar-refractivity contribution in [2.45, 2.75) is 84.1 Å². The van der Waals surface area contributed by atoms with Crippen LogP contribution in [0.4, 0.5) is 11.9 Å². The number of nitrogens with zero attached hydrogens (tertiary/aromatic N) is 5. The number of unbranched alkanes of at least 4 members (excludes halogenated alkanes) is 8. The maximum Gasteiger partial charge on any atom is 0.225 e. The van der Waals surface area contributed by atoms with E-state index in [1.165, 1.54) is 57.8 Å². The van der Waals surface area contributed by atoms with E-state index < -0.39 is 0 Å². The molecule has 0 bridgehead atoms. The lowest BCUT2D eigenvalue weighted by molar-refractivity contribution is 0.553. The van der Waals surface area contributed by atoms with Gasteiger partial charge in [-0.1, -0.05) is 58.3 Å². The van der Waals surface area contributed by atoms with Crippen molar-refractivity contribution in [2.75, 3.05) is 11.5 Å². The lowest BCUT2D eigenvalue weighted by Crippen LogP contribution is -2.11. The number of hydrogen-bond donors (Lipinski definition) is 2. The average Bonchev–Trinajstić information content (AvgIpc) is 3.05. The fourth-order valence-corrected chi connectivity index (χ4v) is 3.15. The fraction of sp³-hybridized carbons (Fsp3) is 0.684. The minimum absolute atomic E-state index is 0.174. The Bertz CT molecular complexity index is 618. The van der Waals surface area contributed by atoms with Gasteiger partial charge in [-0.15, -0.1) is 0 Å². The summed E-state index contributed by atoms with van der Waals surface area (Å²) >= 11 is 0. The number of anilines is 2. The highest BCUT2D eigenvalue weighted by Gasteiger charge is 2.06. The molecule has 0 atom stereocenters. The lowest BCUT2D eigenvalue weighted by Gasteiger charge is -2.08. The number of aryl methyl sites for hydroxylation is 3. The maximum absolute atomic E-state index is 5.62. The van der Waals surface area contributed by atoms with Crippen molar-refractivity contribution in [3.8, 4) is 0 Å². The van der Waals surface area contributed by atoms with Crippen molar-refractivity contribution in [3.05, 3.63) is 24.0 Å². The first-order valence-electron chi connectivity index (χ1n) is 9.95. The van der Waals surface area contributed by atoms with Gasteiger partial charge in [-0.3, -0.25) is 0 Å². The van der Waals surface area contributed by atoms with Gasteiger partial charge in [-0.25, -0.2) is 4.98 Å². The predicted octanol–water partition coefficient (Wildman–Crippen LogP) is 3.55. The van der Waals surface area contributed by atoms with E-state index in [1.54, 1.807) is 0 Å². The SMILES string of the molecule is CCCCCCCCCCCc1nccn1CCc1nc(N)nc(N)n1. The van der Waals surface area contributed by atoms with Crippen LogP contribution in [0.2, 0.25) is 0 Å². The molecule has 2 aromatic rings. The zero-order chi connectivity index (χ0) is 18.6. The average molecular weight is 360 g/mol. The first-order valence-corrected chi connectivity index (χ1v) is 9.95. The molecule has 144 valence electrons. The third-order valence-electron chi connectivity index (χ3n) is 4.60. The molecular formula is C19H33N7. The molecule has 0 radical (unpaired) electrons. The van der Waals surface area contributed by atoms with Crippen LogP contribution < -0.4 is 11.5 Å². The number of imidazole rings is 1. The summed E-state index contributed by atoms with van der Waals surface area (Å²) in [5.41, 5.74) is 11.2. The van der Waals surface area contributed by atoms with Crippen molar-refractivity contribution < 1.29 is 0 Å². The van der Waals surface area contributed by atoms with Gasteiger partial charge >= 0.3 is 0 Å². The first kappa shape index (κ1) is 20.1. The Morgan fingerprint density at radius 2 is 1.42 bits per heavy atom. The van der Waals surface area contributed by atoms with Gasteiger partial charge in [0.2, 0.25) is 11.9 Å². The number of rotatable bonds is 13. The van der Waals surface area contributed by atoms with Crippen molar-refractivity contribution in [3.63, 3.8) is 0 Å². The highest BCUT2D eigenvalue weighted by molar-refractivity contribution is 5.25. The number of nitrogens with two attached hydrogens (primary N) is 2. The van der Waals surface area contributed by atoms with Gasteiger partial charge in [-0.2, -0.15) is 15.0 Å². The van der Waals surface area contributed by atoms with Gasteiger partial charge in [-0.05, 0) is 6.42 Å². The second kappa shape index (κ2) is 11.4. The highest BCUT2D eigenvalue weighted by Crippen LogP contribution is 2.12. The van der Waals surface area contributed by atoms with Gasteiger partial charge in [0, 0.05) is 31.8 Å². The standard InChI is InChI=1S/C19H33N7/c1-2-3-4-5-6-7-8-9-10-11-17-22-13-15-26(17)14-12-16-23-18(20)25-19(21)24-16/h13,15H,2-12,14H2,1H3,(H4,20,21,23,24,25). The highest BCUT2D eigenvalue weighted by atomic mass is 15.1. The van der Waals surface area contributed by atoms with Crippen LogP contribution >= 0.6 is 0 Å². The summed E-state index contributed by atoms with van der Waals surface area (Å²) in [7, 11) is 0. The van der Waals surface area contributed by atoms with Crippen LogP contribution in [-0.4, -0.2) is 24.5 Å². The Balaban J connectivity index is 1.65. The van der Waals surface area contributed by atoms with Gasteiger partial charge in [0.1, 0.15) is 11.6 Å². The van der Waals surface area contributed by atoms with Crippen molar-refractivity contribution in [2.24, 2.45) is 0 Å². The third-order valence-corrected chi connectivity index (χ3v) is 4.60. The molecule has 0 saturated carbocycles. The molecule has 2 rings (SSSR count). The molecule has 7 heteroatoms. The van der Waals surface area contributed by atoms with E-state index >= 15 is 0 Å². The van der Waals surface area contributed by atoms with Crippen molar-refractivity contribution in [1.82, 2.24) is 24.5 Å². The van der Waals surface area contributed by atoms with Crippen LogP contribution in [0.3, 0.4) is 0 Å². The minimum atomic E-state index is 0.174. The molecule has 0 spiro atoms. The Morgan fingerprint density at radius 1 is 0.808 bits per heavy atom. The van der Waals surface area contributed by atoms with E-state index in [0.717, 1.165) is 18.8 Å². The van der Waals surface area contributed by atoms with E-state index in [9.17, 15) is 0 Å². The van der Waals surface area contributed by atoms with E-state index in [1.807, 2.05) is 12.4 Å². The fourth-order valence-electron chi connectivity index (χ4n) is 3.15. The van der Waals surface area contributed by atoms with E-state index in [-0.39, 0.29) is 11.9 Å². The molecule has 7 nitrogen and oxygen atoms in total. The molecule has 0 aliphatic carbocycles. The van der Waals surface area contributed by atoms with Crippen LogP contribution in [0.5, 0.6) is 0 Å². The normalized spacial score (nSPS) is 11.1. The second-order valence-corrected chi connectivity index (χ2v) is 6.83. The number of hydrogen-bond acceptors (Lipinski definition) is 6. The Kier molecular flexibility index (Phi) is 8.86. The quantitative estimate of drug-likeness (QED) is 0.529. The largest absolute Gasteiger partial charge is 0.368 e. The summed E-state index contributed by atoms with van der Waals surface area (Å²) in [5, 5.41) is 0. The van der Waals surface area contributed by atoms with Crippen LogP contribution in [0.25, 0.3) is 0 Å². The predicted molar refractivity (Wildman–Crippen MR) is 106 cm³/mol. The minimum Gasteiger partial charge on any atom is -0.368 e. The van der Waals surface area contributed by atoms with Crippen molar-refractivity contribution in [1.29, 1.82) is 0 Å². The van der Waals surface area contributed by atoms with E-state index in [0.29, 0.717) is 12.2 Å². The Morgan fingerprint density at radius 3 is 2.08 bits per heavy atom. The summed E-state index contributed by atoms with van der Waals surface area (Å²) in [5.74, 6) is 2.10. The summed E-state index contributed by atoms with van der Waals surface area (Å²) in [6.07, 6.45) is 17.6. The molecular weight excluding hydrogens is 326 g/mol. The molecule has 2 heterocycles. The van der Waals surface area contributed by atoms with Crippen molar-refractivity contribution >= 4 is 11.9 Å². The number of nitrogen functional groups attached to an aromatic ring is 2.